The van der Waals surface area contributed by atoms with E-state index in [0.29, 0.717) is 6.29 Å². The molecule has 0 spiro atoms. The van der Waals surface area contributed by atoms with Crippen molar-refractivity contribution in [2.24, 2.45) is 0 Å². The number of carbonyl (C=O) groups excluding carboxylic acids is 2. The van der Waals surface area contributed by atoms with Crippen molar-refractivity contribution in [3.63, 3.8) is 0 Å². The van der Waals surface area contributed by atoms with Gasteiger partial charge in [0.15, 0.2) is 24.4 Å². The number of aldehydes is 1. The van der Waals surface area contributed by atoms with Crippen molar-refractivity contribution < 1.29 is 27.5 Å². The Hall–Kier alpha value is -2.09. The zero-order valence-electron chi connectivity index (χ0n) is 10.4. The van der Waals surface area contributed by atoms with Crippen LogP contribution in [0.5, 0.6) is 11.5 Å². The Morgan fingerprint density at radius 3 is 2.63 bits per heavy atom. The Morgan fingerprint density at radius 2 is 2.11 bits per heavy atom. The maximum absolute atomic E-state index is 11.3. The molecule has 0 saturated heterocycles. The Balaban J connectivity index is 2.82. The molecule has 1 aromatic carbocycles. The highest BCUT2D eigenvalue weighted by molar-refractivity contribution is 7.89. The summed E-state index contributed by atoms with van der Waals surface area (Å²) in [6.07, 6.45) is 1.40. The maximum atomic E-state index is 11.3. The number of hydrogen-bond donors (Lipinski definition) is 1. The average molecular weight is 287 g/mol. The van der Waals surface area contributed by atoms with Gasteiger partial charge in [0, 0.05) is 0 Å². The fourth-order valence-electron chi connectivity index (χ4n) is 1.31. The molecule has 0 aliphatic rings. The minimum atomic E-state index is -3.64. The van der Waals surface area contributed by atoms with Crippen molar-refractivity contribution in [2.75, 3.05) is 20.0 Å². The van der Waals surface area contributed by atoms with Crippen LogP contribution < -0.4 is 14.2 Å². The van der Waals surface area contributed by atoms with Crippen molar-refractivity contribution in [2.45, 2.75) is 0 Å². The number of nitrogens with one attached hydrogen (secondary N) is 1. The van der Waals surface area contributed by atoms with E-state index in [1.54, 1.807) is 16.9 Å². The molecule has 0 aliphatic heterocycles. The zero-order valence-corrected chi connectivity index (χ0v) is 11.2. The number of sulfonamides is 1. The average Bonchev–Trinajstić information content (AvgIpc) is 2.33. The summed E-state index contributed by atoms with van der Waals surface area (Å²) < 4.78 is 33.5. The van der Waals surface area contributed by atoms with Crippen LogP contribution in [0.2, 0.25) is 0 Å². The van der Waals surface area contributed by atoms with Crippen LogP contribution in [0, 0.1) is 0 Å². The first kappa shape index (κ1) is 15.0. The Labute approximate surface area is 110 Å². The molecule has 0 radical (unpaired) electrons. The number of amides is 1. The number of benzene rings is 1. The Morgan fingerprint density at radius 1 is 1.42 bits per heavy atom. The second-order valence-corrected chi connectivity index (χ2v) is 5.33. The molecule has 7 nitrogen and oxygen atoms in total. The van der Waals surface area contributed by atoms with E-state index in [4.69, 9.17) is 9.47 Å². The number of carbonyl (C=O) groups is 2. The largest absolute Gasteiger partial charge is 0.493 e. The summed E-state index contributed by atoms with van der Waals surface area (Å²) in [4.78, 5) is 22.1. The van der Waals surface area contributed by atoms with Crippen LogP contribution in [0.4, 0.5) is 0 Å². The van der Waals surface area contributed by atoms with E-state index in [1.807, 2.05) is 0 Å². The molecule has 104 valence electrons. The first-order chi connectivity index (χ1) is 8.87. The summed E-state index contributed by atoms with van der Waals surface area (Å²) in [5.41, 5.74) is 0.200. The number of hydrogen-bond acceptors (Lipinski definition) is 6. The lowest BCUT2D eigenvalue weighted by Crippen LogP contribution is -2.33. The molecule has 0 unspecified atom stereocenters. The summed E-state index contributed by atoms with van der Waals surface area (Å²) in [7, 11) is -2.26. The molecular formula is C11H13NO6S. The molecule has 1 rings (SSSR count). The molecule has 19 heavy (non-hydrogen) atoms. The van der Waals surface area contributed by atoms with Gasteiger partial charge in [-0.3, -0.25) is 14.3 Å². The molecule has 8 heteroatoms. The number of para-hydroxylation sites is 1. The normalized spacial score (nSPS) is 10.6. The standard InChI is InChI=1S/C11H13NO6S/c1-17-9-5-3-4-8(6-13)11(9)18-7-10(14)12-19(2,15)16/h3-6H,7H2,1-2H3,(H,12,14). The topological polar surface area (TPSA) is 98.8 Å². The van der Waals surface area contributed by atoms with Gasteiger partial charge in [0.25, 0.3) is 5.91 Å². The molecular weight excluding hydrogens is 274 g/mol. The molecule has 0 bridgehead atoms. The van der Waals surface area contributed by atoms with E-state index >= 15 is 0 Å². The number of rotatable bonds is 6. The van der Waals surface area contributed by atoms with Crippen LogP contribution in [0.25, 0.3) is 0 Å². The lowest BCUT2D eigenvalue weighted by molar-refractivity contribution is -0.121. The van der Waals surface area contributed by atoms with Crippen molar-refractivity contribution in [1.29, 1.82) is 0 Å². The van der Waals surface area contributed by atoms with E-state index in [1.165, 1.54) is 13.2 Å². The van der Waals surface area contributed by atoms with Crippen LogP contribution in [-0.4, -0.2) is 40.6 Å². The van der Waals surface area contributed by atoms with E-state index in [0.717, 1.165) is 6.26 Å². The van der Waals surface area contributed by atoms with Crippen molar-refractivity contribution >= 4 is 22.2 Å². The second kappa shape index (κ2) is 6.19. The van der Waals surface area contributed by atoms with Crippen LogP contribution in [0.15, 0.2) is 18.2 Å². The minimum Gasteiger partial charge on any atom is -0.493 e. The summed E-state index contributed by atoms with van der Waals surface area (Å²) >= 11 is 0. The highest BCUT2D eigenvalue weighted by atomic mass is 32.2. The second-order valence-electron chi connectivity index (χ2n) is 3.58. The van der Waals surface area contributed by atoms with Gasteiger partial charge in [0.05, 0.1) is 18.9 Å². The minimum absolute atomic E-state index is 0.0867. The van der Waals surface area contributed by atoms with Gasteiger partial charge < -0.3 is 9.47 Å². The van der Waals surface area contributed by atoms with Gasteiger partial charge in [-0.05, 0) is 12.1 Å². The van der Waals surface area contributed by atoms with Crippen LogP contribution in [0.3, 0.4) is 0 Å². The van der Waals surface area contributed by atoms with E-state index < -0.39 is 22.5 Å². The van der Waals surface area contributed by atoms with Gasteiger partial charge in [0.1, 0.15) is 0 Å². The maximum Gasteiger partial charge on any atom is 0.271 e. The van der Waals surface area contributed by atoms with Crippen molar-refractivity contribution in [3.8, 4) is 11.5 Å². The zero-order chi connectivity index (χ0) is 14.5. The molecule has 0 aromatic heterocycles. The fraction of sp³-hybridized carbons (Fsp3) is 0.273. The van der Waals surface area contributed by atoms with Crippen molar-refractivity contribution in [1.82, 2.24) is 4.72 Å². The highest BCUT2D eigenvalue weighted by Crippen LogP contribution is 2.29. The fourth-order valence-corrected chi connectivity index (χ4v) is 1.79. The molecule has 0 atom stereocenters. The van der Waals surface area contributed by atoms with Crippen LogP contribution in [0.1, 0.15) is 10.4 Å². The van der Waals surface area contributed by atoms with Gasteiger partial charge >= 0.3 is 0 Å². The lowest BCUT2D eigenvalue weighted by atomic mass is 10.2. The smallest absolute Gasteiger partial charge is 0.271 e. The van der Waals surface area contributed by atoms with E-state index in [2.05, 4.69) is 0 Å². The molecule has 0 heterocycles. The predicted octanol–water partition coefficient (Wildman–Crippen LogP) is -0.0377. The van der Waals surface area contributed by atoms with Gasteiger partial charge in [-0.2, -0.15) is 0 Å². The molecule has 0 aliphatic carbocycles. The third kappa shape index (κ3) is 4.59. The Kier molecular flexibility index (Phi) is 4.87. The van der Waals surface area contributed by atoms with E-state index in [9.17, 15) is 18.0 Å². The quantitative estimate of drug-likeness (QED) is 0.737. The molecule has 0 fully saturated rings. The summed E-state index contributed by atoms with van der Waals surface area (Å²) in [5.74, 6) is -0.481. The third-order valence-electron chi connectivity index (χ3n) is 2.00. The Bertz CT molecular complexity index is 581. The van der Waals surface area contributed by atoms with Crippen molar-refractivity contribution in [3.05, 3.63) is 23.8 Å². The predicted molar refractivity (Wildman–Crippen MR) is 66.9 cm³/mol. The van der Waals surface area contributed by atoms with Gasteiger partial charge in [-0.15, -0.1) is 0 Å². The highest BCUT2D eigenvalue weighted by Gasteiger charge is 2.14. The molecule has 1 aromatic rings. The SMILES string of the molecule is COc1cccc(C=O)c1OCC(=O)NS(C)(=O)=O. The van der Waals surface area contributed by atoms with E-state index in [-0.39, 0.29) is 17.1 Å². The van der Waals surface area contributed by atoms with Crippen LogP contribution in [-0.2, 0) is 14.8 Å². The summed E-state index contributed by atoms with van der Waals surface area (Å²) in [5, 5.41) is 0. The summed E-state index contributed by atoms with van der Waals surface area (Å²) in [6, 6.07) is 4.63. The third-order valence-corrected chi connectivity index (χ3v) is 2.60. The molecule has 1 N–H and O–H groups in total. The van der Waals surface area contributed by atoms with Gasteiger partial charge in [-0.25, -0.2) is 8.42 Å². The van der Waals surface area contributed by atoms with Gasteiger partial charge in [0.2, 0.25) is 10.0 Å². The number of methoxy groups -OCH3 is 1. The summed E-state index contributed by atoms with van der Waals surface area (Å²) in [6.45, 7) is -0.547. The molecule has 1 amide bonds. The first-order valence-electron chi connectivity index (χ1n) is 5.13. The monoisotopic (exact) mass is 287 g/mol. The first-order valence-corrected chi connectivity index (χ1v) is 7.02. The lowest BCUT2D eigenvalue weighted by Gasteiger charge is -2.11. The molecule has 0 saturated carbocycles. The van der Waals surface area contributed by atoms with Crippen LogP contribution >= 0.6 is 0 Å². The van der Waals surface area contributed by atoms with Gasteiger partial charge in [-0.1, -0.05) is 6.07 Å². The number of ether oxygens (including phenoxy) is 2.